The van der Waals surface area contributed by atoms with Crippen LogP contribution >= 0.6 is 22.9 Å². The second-order valence-electron chi connectivity index (χ2n) is 3.32. The van der Waals surface area contributed by atoms with Crippen LogP contribution in [0.4, 0.5) is 0 Å². The van der Waals surface area contributed by atoms with E-state index in [0.29, 0.717) is 0 Å². The summed E-state index contributed by atoms with van der Waals surface area (Å²) in [6.07, 6.45) is 0. The Morgan fingerprint density at radius 2 is 2.25 bits per heavy atom. The van der Waals surface area contributed by atoms with Gasteiger partial charge in [0.05, 0.1) is 6.04 Å². The van der Waals surface area contributed by atoms with Gasteiger partial charge in [0, 0.05) is 10.9 Å². The van der Waals surface area contributed by atoms with E-state index in [-0.39, 0.29) is 11.2 Å². The SMILES string of the molecule is CC(c1cccs1)n1c(=O)cc(Cl)[nH]c1=O. The molecule has 2 rings (SSSR count). The van der Waals surface area contributed by atoms with Crippen molar-refractivity contribution in [1.29, 1.82) is 0 Å². The van der Waals surface area contributed by atoms with Gasteiger partial charge in [-0.25, -0.2) is 4.79 Å². The molecule has 1 unspecified atom stereocenters. The molecule has 0 aromatic carbocycles. The molecule has 2 heterocycles. The molecule has 0 spiro atoms. The Bertz CT molecular complexity index is 569. The van der Waals surface area contributed by atoms with Crippen LogP contribution in [0.3, 0.4) is 0 Å². The van der Waals surface area contributed by atoms with Crippen LogP contribution in [-0.2, 0) is 0 Å². The number of halogens is 1. The minimum Gasteiger partial charge on any atom is -0.298 e. The van der Waals surface area contributed by atoms with E-state index in [1.807, 2.05) is 17.5 Å². The summed E-state index contributed by atoms with van der Waals surface area (Å²) < 4.78 is 1.15. The van der Waals surface area contributed by atoms with Crippen molar-refractivity contribution >= 4 is 22.9 Å². The molecule has 0 aliphatic heterocycles. The molecule has 16 heavy (non-hydrogen) atoms. The molecule has 6 heteroatoms. The lowest BCUT2D eigenvalue weighted by molar-refractivity contribution is 0.586. The van der Waals surface area contributed by atoms with Gasteiger partial charge < -0.3 is 0 Å². The van der Waals surface area contributed by atoms with Crippen molar-refractivity contribution in [3.05, 3.63) is 54.4 Å². The molecule has 4 nitrogen and oxygen atoms in total. The van der Waals surface area contributed by atoms with Crippen LogP contribution in [0.15, 0.2) is 33.2 Å². The molecule has 0 saturated carbocycles. The number of aromatic amines is 1. The number of nitrogens with zero attached hydrogens (tertiary/aromatic N) is 1. The largest absolute Gasteiger partial charge is 0.330 e. The van der Waals surface area contributed by atoms with Gasteiger partial charge in [0.2, 0.25) is 0 Å². The average molecular weight is 257 g/mol. The summed E-state index contributed by atoms with van der Waals surface area (Å²) in [4.78, 5) is 26.6. The average Bonchev–Trinajstić information content (AvgIpc) is 2.67. The standard InChI is InChI=1S/C10H9ClN2O2S/c1-6(7-3-2-4-16-7)13-9(14)5-8(11)12-10(13)15/h2-6H,1H3,(H,12,15). The lowest BCUT2D eigenvalue weighted by Crippen LogP contribution is -2.36. The molecule has 0 bridgehead atoms. The van der Waals surface area contributed by atoms with Crippen LogP contribution in [0.5, 0.6) is 0 Å². The van der Waals surface area contributed by atoms with Gasteiger partial charge in [0.25, 0.3) is 5.56 Å². The molecule has 0 saturated heterocycles. The summed E-state index contributed by atoms with van der Waals surface area (Å²) in [6, 6.07) is 4.68. The highest BCUT2D eigenvalue weighted by atomic mass is 35.5. The number of hydrogen-bond acceptors (Lipinski definition) is 3. The van der Waals surface area contributed by atoms with E-state index in [2.05, 4.69) is 4.98 Å². The fourth-order valence-electron chi connectivity index (χ4n) is 1.50. The Morgan fingerprint density at radius 3 is 2.81 bits per heavy atom. The van der Waals surface area contributed by atoms with Gasteiger partial charge in [-0.1, -0.05) is 17.7 Å². The molecule has 0 fully saturated rings. The smallest absolute Gasteiger partial charge is 0.298 e. The van der Waals surface area contributed by atoms with Crippen LogP contribution in [0.1, 0.15) is 17.8 Å². The first kappa shape index (κ1) is 11.2. The van der Waals surface area contributed by atoms with Crippen molar-refractivity contribution in [3.63, 3.8) is 0 Å². The first-order valence-electron chi connectivity index (χ1n) is 4.64. The van der Waals surface area contributed by atoms with E-state index in [1.54, 1.807) is 6.92 Å². The molecule has 2 aromatic heterocycles. The third-order valence-electron chi connectivity index (χ3n) is 2.28. The van der Waals surface area contributed by atoms with E-state index >= 15 is 0 Å². The highest BCUT2D eigenvalue weighted by Crippen LogP contribution is 2.19. The van der Waals surface area contributed by atoms with Crippen LogP contribution in [0.25, 0.3) is 0 Å². The maximum atomic E-state index is 11.7. The molecule has 1 N–H and O–H groups in total. The highest BCUT2D eigenvalue weighted by Gasteiger charge is 2.13. The fraction of sp³-hybridized carbons (Fsp3) is 0.200. The number of H-pyrrole nitrogens is 1. The van der Waals surface area contributed by atoms with Crippen LogP contribution in [0, 0.1) is 0 Å². The monoisotopic (exact) mass is 256 g/mol. The van der Waals surface area contributed by atoms with E-state index in [4.69, 9.17) is 11.6 Å². The summed E-state index contributed by atoms with van der Waals surface area (Å²) in [5, 5.41) is 1.96. The first-order chi connectivity index (χ1) is 7.59. The number of rotatable bonds is 2. The molecular formula is C10H9ClN2O2S. The minimum atomic E-state index is -0.488. The maximum Gasteiger partial charge on any atom is 0.330 e. The lowest BCUT2D eigenvalue weighted by Gasteiger charge is -2.11. The predicted molar refractivity (Wildman–Crippen MR) is 64.5 cm³/mol. The van der Waals surface area contributed by atoms with Crippen LogP contribution < -0.4 is 11.2 Å². The second kappa shape index (κ2) is 4.27. The molecule has 0 aliphatic carbocycles. The van der Waals surface area contributed by atoms with E-state index in [0.717, 1.165) is 9.44 Å². The minimum absolute atomic E-state index is 0.0598. The summed E-state index contributed by atoms with van der Waals surface area (Å²) in [6.45, 7) is 1.80. The molecule has 1 atom stereocenters. The van der Waals surface area contributed by atoms with Gasteiger partial charge in [0.1, 0.15) is 5.15 Å². The van der Waals surface area contributed by atoms with Crippen molar-refractivity contribution in [2.75, 3.05) is 0 Å². The lowest BCUT2D eigenvalue weighted by atomic mass is 10.3. The molecule has 84 valence electrons. The Labute approximate surface area is 100 Å². The normalized spacial score (nSPS) is 12.6. The van der Waals surface area contributed by atoms with E-state index < -0.39 is 11.2 Å². The fourth-order valence-corrected chi connectivity index (χ4v) is 2.45. The number of aromatic nitrogens is 2. The Hall–Kier alpha value is -1.33. The number of thiophene rings is 1. The Morgan fingerprint density at radius 1 is 1.50 bits per heavy atom. The Balaban J connectivity index is 2.58. The van der Waals surface area contributed by atoms with Gasteiger partial charge in [-0.3, -0.25) is 14.3 Å². The predicted octanol–water partition coefficient (Wildman–Crippen LogP) is 1.86. The summed E-state index contributed by atoms with van der Waals surface area (Å²) in [5.74, 6) is 0. The molecule has 0 amide bonds. The number of hydrogen-bond donors (Lipinski definition) is 1. The molecule has 2 aromatic rings. The van der Waals surface area contributed by atoms with E-state index in [1.165, 1.54) is 17.4 Å². The molecular weight excluding hydrogens is 248 g/mol. The van der Waals surface area contributed by atoms with Crippen molar-refractivity contribution in [2.24, 2.45) is 0 Å². The van der Waals surface area contributed by atoms with Gasteiger partial charge in [-0.15, -0.1) is 11.3 Å². The maximum absolute atomic E-state index is 11.7. The zero-order valence-electron chi connectivity index (χ0n) is 8.44. The van der Waals surface area contributed by atoms with Crippen LogP contribution in [0.2, 0.25) is 5.15 Å². The summed E-state index contributed by atoms with van der Waals surface area (Å²) in [7, 11) is 0. The van der Waals surface area contributed by atoms with Crippen molar-refractivity contribution in [1.82, 2.24) is 9.55 Å². The highest BCUT2D eigenvalue weighted by molar-refractivity contribution is 7.10. The van der Waals surface area contributed by atoms with E-state index in [9.17, 15) is 9.59 Å². The molecule has 0 aliphatic rings. The van der Waals surface area contributed by atoms with Gasteiger partial charge >= 0.3 is 5.69 Å². The van der Waals surface area contributed by atoms with Gasteiger partial charge in [-0.2, -0.15) is 0 Å². The second-order valence-corrected chi connectivity index (χ2v) is 4.71. The summed E-state index contributed by atoms with van der Waals surface area (Å²) >= 11 is 7.09. The quantitative estimate of drug-likeness (QED) is 0.834. The van der Waals surface area contributed by atoms with Gasteiger partial charge in [-0.05, 0) is 18.4 Å². The van der Waals surface area contributed by atoms with Crippen molar-refractivity contribution < 1.29 is 0 Å². The van der Waals surface area contributed by atoms with Crippen LogP contribution in [-0.4, -0.2) is 9.55 Å². The van der Waals surface area contributed by atoms with Gasteiger partial charge in [0.15, 0.2) is 0 Å². The van der Waals surface area contributed by atoms with Crippen molar-refractivity contribution in [2.45, 2.75) is 13.0 Å². The third-order valence-corrected chi connectivity index (χ3v) is 3.52. The summed E-state index contributed by atoms with van der Waals surface area (Å²) in [5.41, 5.74) is -0.881. The number of nitrogens with one attached hydrogen (secondary N) is 1. The topological polar surface area (TPSA) is 54.9 Å². The zero-order valence-corrected chi connectivity index (χ0v) is 10.0. The first-order valence-corrected chi connectivity index (χ1v) is 5.90. The third kappa shape index (κ3) is 1.96. The Kier molecular flexibility index (Phi) is 2.98. The zero-order chi connectivity index (χ0) is 11.7. The van der Waals surface area contributed by atoms with Crippen molar-refractivity contribution in [3.8, 4) is 0 Å². The molecule has 0 radical (unpaired) electrons.